The van der Waals surface area contributed by atoms with Crippen LogP contribution in [0.25, 0.3) is 0 Å². The van der Waals surface area contributed by atoms with E-state index in [1.807, 2.05) is 0 Å². The highest BCUT2D eigenvalue weighted by Gasteiger charge is 2.14. The van der Waals surface area contributed by atoms with Crippen molar-refractivity contribution in [2.75, 3.05) is 6.54 Å². The molecule has 0 aromatic carbocycles. The summed E-state index contributed by atoms with van der Waals surface area (Å²) in [5.74, 6) is 0. The normalized spacial score (nSPS) is 17.5. The summed E-state index contributed by atoms with van der Waals surface area (Å²) < 4.78 is 0. The number of carbonyl (C=O) groups excluding carboxylic acids is 2. The fourth-order valence-corrected chi connectivity index (χ4v) is 0.425. The first-order valence-corrected chi connectivity index (χ1v) is 2.06. The largest absolute Gasteiger partial charge is 0.350 e. The molecular weight excluding hydrogens is 108 g/mol. The average molecular weight is 111 g/mol. The maximum Gasteiger partial charge on any atom is 0.350 e. The van der Waals surface area contributed by atoms with Crippen molar-refractivity contribution in [2.24, 2.45) is 4.99 Å². The van der Waals surface area contributed by atoms with E-state index in [0.29, 0.717) is 0 Å². The topological polar surface area (TPSA) is 49.7 Å². The van der Waals surface area contributed by atoms with E-state index in [-0.39, 0.29) is 6.54 Å². The van der Waals surface area contributed by atoms with E-state index in [2.05, 4.69) is 4.99 Å². The van der Waals surface area contributed by atoms with Gasteiger partial charge in [-0.3, -0.25) is 4.79 Å². The third-order valence-corrected chi connectivity index (χ3v) is 0.807. The summed E-state index contributed by atoms with van der Waals surface area (Å²) in [6, 6.07) is -0.528. The molecular formula is C4H3N2O2. The summed E-state index contributed by atoms with van der Waals surface area (Å²) in [4.78, 5) is 24.1. The number of hydrogen-bond donors (Lipinski definition) is 0. The zero-order valence-electron chi connectivity index (χ0n) is 4.00. The lowest BCUT2D eigenvalue weighted by molar-refractivity contribution is 0.235. The van der Waals surface area contributed by atoms with Crippen LogP contribution in [0.3, 0.4) is 0 Å². The van der Waals surface area contributed by atoms with E-state index in [9.17, 15) is 9.59 Å². The Kier molecular flexibility index (Phi) is 1.07. The minimum atomic E-state index is -0.528. The second-order valence-electron chi connectivity index (χ2n) is 1.30. The zero-order valence-corrected chi connectivity index (χ0v) is 4.00. The highest BCUT2D eigenvalue weighted by Crippen LogP contribution is 1.93. The van der Waals surface area contributed by atoms with Gasteiger partial charge < -0.3 is 0 Å². The molecule has 0 aromatic heterocycles. The summed E-state index contributed by atoms with van der Waals surface area (Å²) in [6.07, 6.45) is 2.79. The fraction of sp³-hybridized carbons (Fsp3) is 0.250. The van der Waals surface area contributed by atoms with Gasteiger partial charge in [-0.1, -0.05) is 0 Å². The van der Waals surface area contributed by atoms with E-state index in [4.69, 9.17) is 0 Å². The molecule has 0 fully saturated rings. The van der Waals surface area contributed by atoms with Gasteiger partial charge in [-0.05, 0) is 0 Å². The standard InChI is InChI=1S/C4H3N2O2/c7-3-6-2-1-5-4(6)8/h1H,2H2. The first kappa shape index (κ1) is 4.96. The SMILES string of the molecule is O=[C]N1CC=NC1=O. The quantitative estimate of drug-likeness (QED) is 0.460. The van der Waals surface area contributed by atoms with Crippen molar-refractivity contribution in [2.45, 2.75) is 0 Å². The summed E-state index contributed by atoms with van der Waals surface area (Å²) in [7, 11) is 0. The maximum absolute atomic E-state index is 10.3. The zero-order chi connectivity index (χ0) is 5.98. The molecule has 8 heavy (non-hydrogen) atoms. The third-order valence-electron chi connectivity index (χ3n) is 0.807. The highest BCUT2D eigenvalue weighted by molar-refractivity contribution is 5.97. The molecule has 41 valence electrons. The predicted molar refractivity (Wildman–Crippen MR) is 26.3 cm³/mol. The summed E-state index contributed by atoms with van der Waals surface area (Å²) >= 11 is 0. The van der Waals surface area contributed by atoms with Gasteiger partial charge in [-0.25, -0.2) is 14.7 Å². The molecule has 3 amide bonds. The summed E-state index contributed by atoms with van der Waals surface area (Å²) in [6.45, 7) is 0.266. The number of carbonyl (C=O) groups is 1. The lowest BCUT2D eigenvalue weighted by atomic mass is 10.7. The van der Waals surface area contributed by atoms with Crippen molar-refractivity contribution in [3.8, 4) is 0 Å². The number of rotatable bonds is 1. The predicted octanol–water partition coefficient (Wildman–Crippen LogP) is -0.440. The third kappa shape index (κ3) is 0.598. The van der Waals surface area contributed by atoms with Crippen molar-refractivity contribution < 1.29 is 9.59 Å². The Hall–Kier alpha value is -1.19. The highest BCUT2D eigenvalue weighted by atomic mass is 16.2. The lowest BCUT2D eigenvalue weighted by Gasteiger charge is -1.97. The molecule has 0 atom stereocenters. The Labute approximate surface area is 45.8 Å². The number of nitrogens with zero attached hydrogens (tertiary/aromatic N) is 2. The Bertz CT molecular complexity index is 152. The Morgan fingerprint density at radius 2 is 2.62 bits per heavy atom. The van der Waals surface area contributed by atoms with Crippen LogP contribution in [0.1, 0.15) is 0 Å². The molecule has 4 nitrogen and oxygen atoms in total. The fourth-order valence-electron chi connectivity index (χ4n) is 0.425. The molecule has 1 aliphatic heterocycles. The molecule has 1 aliphatic rings. The molecule has 0 unspecified atom stereocenters. The molecule has 0 aliphatic carbocycles. The molecule has 0 aromatic rings. The second-order valence-corrected chi connectivity index (χ2v) is 1.30. The van der Waals surface area contributed by atoms with Crippen LogP contribution in [0.4, 0.5) is 4.79 Å². The van der Waals surface area contributed by atoms with Crippen LogP contribution in [-0.4, -0.2) is 30.1 Å². The van der Waals surface area contributed by atoms with Crippen LogP contribution in [0.5, 0.6) is 0 Å². The molecule has 4 heteroatoms. The Morgan fingerprint density at radius 3 is 2.88 bits per heavy atom. The van der Waals surface area contributed by atoms with Crippen molar-refractivity contribution in [3.05, 3.63) is 0 Å². The van der Waals surface area contributed by atoms with Gasteiger partial charge in [-0.2, -0.15) is 0 Å². The first-order chi connectivity index (χ1) is 3.84. The molecule has 1 rings (SSSR count). The smallest absolute Gasteiger partial charge is 0.263 e. The molecule has 0 saturated carbocycles. The van der Waals surface area contributed by atoms with Gasteiger partial charge in [-0.15, -0.1) is 0 Å². The minimum Gasteiger partial charge on any atom is -0.263 e. The van der Waals surface area contributed by atoms with E-state index in [1.54, 1.807) is 0 Å². The number of amides is 3. The lowest BCUT2D eigenvalue weighted by Crippen LogP contribution is -2.22. The number of urea groups is 1. The van der Waals surface area contributed by atoms with Gasteiger partial charge in [0.15, 0.2) is 0 Å². The first-order valence-electron chi connectivity index (χ1n) is 2.06. The van der Waals surface area contributed by atoms with Gasteiger partial charge in [0.05, 0.1) is 6.54 Å². The van der Waals surface area contributed by atoms with E-state index >= 15 is 0 Å². The summed E-state index contributed by atoms with van der Waals surface area (Å²) in [5.41, 5.74) is 0. The average Bonchev–Trinajstić information content (AvgIpc) is 2.14. The van der Waals surface area contributed by atoms with Crippen molar-refractivity contribution in [1.29, 1.82) is 0 Å². The van der Waals surface area contributed by atoms with Crippen molar-refractivity contribution >= 4 is 18.7 Å². The molecule has 0 bridgehead atoms. The van der Waals surface area contributed by atoms with Gasteiger partial charge in [0.1, 0.15) is 0 Å². The molecule has 0 N–H and O–H groups in total. The van der Waals surface area contributed by atoms with Gasteiger partial charge in [0, 0.05) is 6.21 Å². The van der Waals surface area contributed by atoms with E-state index in [1.165, 1.54) is 12.6 Å². The van der Waals surface area contributed by atoms with Crippen LogP contribution in [0.2, 0.25) is 0 Å². The molecule has 0 saturated heterocycles. The number of imide groups is 1. The van der Waals surface area contributed by atoms with Crippen LogP contribution >= 0.6 is 0 Å². The molecule has 1 radical (unpaired) electrons. The monoisotopic (exact) mass is 111 g/mol. The van der Waals surface area contributed by atoms with Crippen LogP contribution < -0.4 is 0 Å². The Balaban J connectivity index is 2.63. The second kappa shape index (κ2) is 1.73. The Morgan fingerprint density at radius 1 is 1.88 bits per heavy atom. The van der Waals surface area contributed by atoms with Crippen LogP contribution in [-0.2, 0) is 4.79 Å². The van der Waals surface area contributed by atoms with Crippen molar-refractivity contribution in [1.82, 2.24) is 4.90 Å². The number of aliphatic imine (C=N–C) groups is 1. The van der Waals surface area contributed by atoms with Gasteiger partial charge >= 0.3 is 12.4 Å². The summed E-state index contributed by atoms with van der Waals surface area (Å²) in [5, 5.41) is 0. The molecule has 1 heterocycles. The van der Waals surface area contributed by atoms with E-state index in [0.717, 1.165) is 4.90 Å². The minimum absolute atomic E-state index is 0.266. The van der Waals surface area contributed by atoms with Crippen LogP contribution in [0, 0.1) is 0 Å². The maximum atomic E-state index is 10.3. The van der Waals surface area contributed by atoms with Gasteiger partial charge in [0.2, 0.25) is 0 Å². The molecule has 0 spiro atoms. The number of hydrogen-bond acceptors (Lipinski definition) is 2. The van der Waals surface area contributed by atoms with Crippen LogP contribution in [0.15, 0.2) is 4.99 Å². The van der Waals surface area contributed by atoms with E-state index < -0.39 is 6.03 Å². The van der Waals surface area contributed by atoms with Crippen molar-refractivity contribution in [3.63, 3.8) is 0 Å². The van der Waals surface area contributed by atoms with Gasteiger partial charge in [0.25, 0.3) is 0 Å².